The van der Waals surface area contributed by atoms with Crippen molar-refractivity contribution in [3.05, 3.63) is 0 Å². The monoisotopic (exact) mass is 164 g/mol. The molecule has 0 heterocycles. The molecule has 3 nitrogen and oxygen atoms in total. The van der Waals surface area contributed by atoms with E-state index in [-0.39, 0.29) is 18.6 Å². The third-order valence-electron chi connectivity index (χ3n) is 1.38. The Labute approximate surface area is 65.8 Å². The topological polar surface area (TPSA) is 46.5 Å². The highest BCUT2D eigenvalue weighted by Crippen LogP contribution is 2.06. The van der Waals surface area contributed by atoms with Gasteiger partial charge in [-0.1, -0.05) is 19.6 Å². The number of rotatable bonds is 3. The second-order valence-corrected chi connectivity index (χ2v) is 2.61. The molecule has 4 heteroatoms. The summed E-state index contributed by atoms with van der Waals surface area (Å²) in [5.41, 5.74) is 0. The average Bonchev–Trinajstić information content (AvgIpc) is 1.85. The zero-order valence-corrected chi connectivity index (χ0v) is 6.97. The quantitative estimate of drug-likeness (QED) is 0.484. The third kappa shape index (κ3) is 3.74. The average molecular weight is 164 g/mol. The molecule has 0 spiro atoms. The van der Waals surface area contributed by atoms with Crippen molar-refractivity contribution in [3.63, 3.8) is 0 Å². The van der Waals surface area contributed by atoms with Crippen LogP contribution in [0.15, 0.2) is 0 Å². The van der Waals surface area contributed by atoms with Gasteiger partial charge in [0.25, 0.3) is 0 Å². The largest absolute Gasteiger partial charge is 0.454 e. The van der Waals surface area contributed by atoms with E-state index in [4.69, 9.17) is 5.11 Å². The van der Waals surface area contributed by atoms with Crippen molar-refractivity contribution in [2.24, 2.45) is 5.92 Å². The second kappa shape index (κ2) is 4.57. The van der Waals surface area contributed by atoms with Gasteiger partial charge in [0.2, 0.25) is 0 Å². The highest BCUT2D eigenvalue weighted by atomic mass is 32.1. The number of aliphatic hydroxyl groups excluding tert-OH is 1. The summed E-state index contributed by atoms with van der Waals surface area (Å²) in [7, 11) is 0. The van der Waals surface area contributed by atoms with Crippen LogP contribution in [0.5, 0.6) is 0 Å². The van der Waals surface area contributed by atoms with Crippen molar-refractivity contribution in [1.29, 1.82) is 0 Å². The molecule has 0 aromatic heterocycles. The number of carbonyl (C=O) groups excluding carboxylic acids is 1. The van der Waals surface area contributed by atoms with E-state index in [0.29, 0.717) is 0 Å². The predicted molar refractivity (Wildman–Crippen MR) is 41.2 cm³/mol. The Morgan fingerprint density at radius 1 is 1.70 bits per heavy atom. The number of aliphatic hydroxyl groups is 1. The Morgan fingerprint density at radius 3 is 2.50 bits per heavy atom. The summed E-state index contributed by atoms with van der Waals surface area (Å²) in [4.78, 5) is 10.2. The lowest BCUT2D eigenvalue weighted by atomic mass is 10.1. The summed E-state index contributed by atoms with van der Waals surface area (Å²) in [6.45, 7) is 3.53. The Kier molecular flexibility index (Phi) is 4.47. The lowest BCUT2D eigenvalue weighted by molar-refractivity contribution is 0.0730. The molecule has 0 rings (SSSR count). The van der Waals surface area contributed by atoms with Gasteiger partial charge >= 0.3 is 5.30 Å². The molecule has 0 aromatic carbocycles. The Bertz CT molecular complexity index is 116. The molecule has 0 radical (unpaired) electrons. The van der Waals surface area contributed by atoms with Gasteiger partial charge in [-0.2, -0.15) is 0 Å². The molecule has 10 heavy (non-hydrogen) atoms. The normalized spacial score (nSPS) is 16.0. The highest BCUT2D eigenvalue weighted by Gasteiger charge is 2.13. The minimum atomic E-state index is -0.604. The lowest BCUT2D eigenvalue weighted by Gasteiger charge is -2.16. The molecule has 60 valence electrons. The van der Waals surface area contributed by atoms with Gasteiger partial charge in [-0.3, -0.25) is 0 Å². The molecule has 2 atom stereocenters. The molecule has 0 amide bonds. The van der Waals surface area contributed by atoms with Crippen LogP contribution in [-0.2, 0) is 4.74 Å². The summed E-state index contributed by atoms with van der Waals surface area (Å²) >= 11 is 3.43. The van der Waals surface area contributed by atoms with E-state index < -0.39 is 5.30 Å². The zero-order chi connectivity index (χ0) is 8.15. The van der Waals surface area contributed by atoms with Crippen LogP contribution in [0.2, 0.25) is 0 Å². The van der Waals surface area contributed by atoms with E-state index in [0.717, 1.165) is 0 Å². The van der Waals surface area contributed by atoms with Crippen molar-refractivity contribution in [2.45, 2.75) is 20.0 Å². The van der Waals surface area contributed by atoms with Crippen LogP contribution < -0.4 is 0 Å². The summed E-state index contributed by atoms with van der Waals surface area (Å²) in [5.74, 6) is -0.0314. The fourth-order valence-corrected chi connectivity index (χ4v) is 0.590. The summed E-state index contributed by atoms with van der Waals surface area (Å²) < 4.78 is 4.67. The van der Waals surface area contributed by atoms with Crippen LogP contribution in [0.1, 0.15) is 13.8 Å². The molecule has 0 aliphatic heterocycles. The van der Waals surface area contributed by atoms with E-state index in [1.807, 2.05) is 0 Å². The van der Waals surface area contributed by atoms with Crippen LogP contribution >= 0.6 is 12.6 Å². The maximum atomic E-state index is 10.2. The van der Waals surface area contributed by atoms with Gasteiger partial charge in [-0.25, -0.2) is 4.79 Å². The van der Waals surface area contributed by atoms with Gasteiger partial charge in [-0.05, 0) is 6.92 Å². The van der Waals surface area contributed by atoms with Gasteiger partial charge in [0.05, 0.1) is 0 Å². The molecule has 0 aliphatic rings. The molecule has 1 unspecified atom stereocenters. The molecule has 0 fully saturated rings. The molecule has 1 N–H and O–H groups in total. The Balaban J connectivity index is 3.61. The van der Waals surface area contributed by atoms with Crippen molar-refractivity contribution in [2.75, 3.05) is 6.61 Å². The molecular weight excluding hydrogens is 152 g/mol. The summed E-state index contributed by atoms with van der Waals surface area (Å²) in [6.07, 6.45) is -0.269. The lowest BCUT2D eigenvalue weighted by Crippen LogP contribution is -2.21. The fourth-order valence-electron chi connectivity index (χ4n) is 0.424. The SMILES string of the molecule is CC(CO)[C@H](C)OC(=O)S. The number of thiol groups is 1. The van der Waals surface area contributed by atoms with Crippen LogP contribution in [0, 0.1) is 5.92 Å². The summed E-state index contributed by atoms with van der Waals surface area (Å²) in [6, 6.07) is 0. The van der Waals surface area contributed by atoms with Gasteiger partial charge in [-0.15, -0.1) is 0 Å². The zero-order valence-electron chi connectivity index (χ0n) is 6.07. The number of hydrogen-bond donors (Lipinski definition) is 2. The van der Waals surface area contributed by atoms with E-state index in [2.05, 4.69) is 17.4 Å². The van der Waals surface area contributed by atoms with Crippen molar-refractivity contribution >= 4 is 17.9 Å². The molecule has 0 saturated heterocycles. The van der Waals surface area contributed by atoms with Gasteiger partial charge < -0.3 is 9.84 Å². The van der Waals surface area contributed by atoms with E-state index in [1.165, 1.54) is 0 Å². The van der Waals surface area contributed by atoms with Crippen LogP contribution in [0.25, 0.3) is 0 Å². The van der Waals surface area contributed by atoms with Gasteiger partial charge in [0, 0.05) is 12.5 Å². The smallest absolute Gasteiger partial charge is 0.364 e. The first-order valence-electron chi connectivity index (χ1n) is 3.08. The second-order valence-electron chi connectivity index (χ2n) is 2.25. The van der Waals surface area contributed by atoms with Crippen LogP contribution in [0.3, 0.4) is 0 Å². The van der Waals surface area contributed by atoms with Gasteiger partial charge in [0.15, 0.2) is 0 Å². The number of hydrogen-bond acceptors (Lipinski definition) is 3. The Morgan fingerprint density at radius 2 is 2.20 bits per heavy atom. The molecule has 0 aromatic rings. The van der Waals surface area contributed by atoms with E-state index in [1.54, 1.807) is 13.8 Å². The van der Waals surface area contributed by atoms with Crippen molar-refractivity contribution in [3.8, 4) is 0 Å². The number of ether oxygens (including phenoxy) is 1. The Hall–Kier alpha value is -0.220. The minimum Gasteiger partial charge on any atom is -0.454 e. The highest BCUT2D eigenvalue weighted by molar-refractivity contribution is 7.96. The standard InChI is InChI=1S/C6H12O3S/c1-4(3-7)5(2)9-6(8)10/h4-5,7H,3H2,1-2H3,(H,8,10)/t4?,5-/m0/s1. The maximum absolute atomic E-state index is 10.2. The first kappa shape index (κ1) is 9.78. The minimum absolute atomic E-state index is 0.0161. The van der Waals surface area contributed by atoms with Crippen LogP contribution in [-0.4, -0.2) is 23.1 Å². The van der Waals surface area contributed by atoms with E-state index >= 15 is 0 Å². The first-order valence-corrected chi connectivity index (χ1v) is 3.53. The maximum Gasteiger partial charge on any atom is 0.364 e. The van der Waals surface area contributed by atoms with Crippen LogP contribution in [0.4, 0.5) is 4.79 Å². The fraction of sp³-hybridized carbons (Fsp3) is 0.833. The van der Waals surface area contributed by atoms with Crippen molar-refractivity contribution < 1.29 is 14.6 Å². The molecule has 0 aliphatic carbocycles. The number of carbonyl (C=O) groups is 1. The van der Waals surface area contributed by atoms with Crippen molar-refractivity contribution in [1.82, 2.24) is 0 Å². The van der Waals surface area contributed by atoms with Gasteiger partial charge in [0.1, 0.15) is 6.10 Å². The molecule has 0 saturated carbocycles. The third-order valence-corrected chi connectivity index (χ3v) is 1.48. The molecule has 0 bridgehead atoms. The summed E-state index contributed by atoms with van der Waals surface area (Å²) in [5, 5.41) is 8.00. The van der Waals surface area contributed by atoms with E-state index in [9.17, 15) is 4.79 Å². The molecular formula is C6H12O3S. The predicted octanol–water partition coefficient (Wildman–Crippen LogP) is 1.07. The first-order chi connectivity index (χ1) is 4.57.